The molecule has 1 unspecified atom stereocenters. The van der Waals surface area contributed by atoms with E-state index in [2.05, 4.69) is 59.3 Å². The lowest BCUT2D eigenvalue weighted by Gasteiger charge is -2.34. The normalized spacial score (nSPS) is 27.7. The van der Waals surface area contributed by atoms with E-state index in [1.54, 1.807) is 0 Å². The lowest BCUT2D eigenvalue weighted by Crippen LogP contribution is -2.48. The Labute approximate surface area is 125 Å². The van der Waals surface area contributed by atoms with Crippen molar-refractivity contribution in [3.63, 3.8) is 0 Å². The van der Waals surface area contributed by atoms with Gasteiger partial charge in [-0.25, -0.2) is 0 Å². The molecule has 0 amide bonds. The Kier molecular flexibility index (Phi) is 2.81. The number of likely N-dealkylation sites (tertiary alicyclic amines) is 1. The Morgan fingerprint density at radius 2 is 1.81 bits per heavy atom. The van der Waals surface area contributed by atoms with Gasteiger partial charge in [0.25, 0.3) is 0 Å². The summed E-state index contributed by atoms with van der Waals surface area (Å²) in [7, 11) is 2.10. The second-order valence-corrected chi connectivity index (χ2v) is 6.16. The van der Waals surface area contributed by atoms with Crippen LogP contribution in [0.15, 0.2) is 54.6 Å². The molecule has 2 aliphatic rings. The van der Waals surface area contributed by atoms with Crippen molar-refractivity contribution < 1.29 is 5.11 Å². The van der Waals surface area contributed by atoms with Gasteiger partial charge in [0, 0.05) is 24.3 Å². The maximum absolute atomic E-state index is 11.2. The van der Waals surface area contributed by atoms with E-state index in [0.717, 1.165) is 25.1 Å². The maximum Gasteiger partial charge on any atom is 0.127 e. The molecule has 0 saturated carbocycles. The third-order valence-electron chi connectivity index (χ3n) is 4.86. The van der Waals surface area contributed by atoms with Gasteiger partial charge in [0.05, 0.1) is 0 Å². The van der Waals surface area contributed by atoms with Crippen LogP contribution in [0.1, 0.15) is 17.5 Å². The zero-order chi connectivity index (χ0) is 14.4. The van der Waals surface area contributed by atoms with Gasteiger partial charge >= 0.3 is 0 Å². The number of para-hydroxylation sites is 1. The summed E-state index contributed by atoms with van der Waals surface area (Å²) in [6, 6.07) is 18.8. The Balaban J connectivity index is 1.79. The van der Waals surface area contributed by atoms with Crippen LogP contribution in [0.3, 0.4) is 0 Å². The number of likely N-dealkylation sites (N-methyl/N-ethyl adjacent to an activating group) is 1. The van der Waals surface area contributed by atoms with Gasteiger partial charge < -0.3 is 10.0 Å². The van der Waals surface area contributed by atoms with Crippen LogP contribution in [0, 0.1) is 0 Å². The van der Waals surface area contributed by atoms with Crippen molar-refractivity contribution in [3.8, 4) is 0 Å². The summed E-state index contributed by atoms with van der Waals surface area (Å²) >= 11 is 0. The van der Waals surface area contributed by atoms with Crippen LogP contribution in [-0.2, 0) is 12.1 Å². The number of nitrogens with zero attached hydrogens (tertiary/aromatic N) is 2. The first kappa shape index (κ1) is 12.9. The molecule has 0 radical (unpaired) electrons. The fourth-order valence-electron chi connectivity index (χ4n) is 3.91. The first-order valence-corrected chi connectivity index (χ1v) is 7.53. The Morgan fingerprint density at radius 3 is 2.62 bits per heavy atom. The van der Waals surface area contributed by atoms with Crippen molar-refractivity contribution in [2.45, 2.75) is 24.7 Å². The minimum absolute atomic E-state index is 0.0371. The zero-order valence-electron chi connectivity index (χ0n) is 12.2. The molecule has 3 nitrogen and oxygen atoms in total. The number of rotatable bonds is 2. The van der Waals surface area contributed by atoms with Crippen molar-refractivity contribution in [3.05, 3.63) is 65.7 Å². The molecule has 3 heteroatoms. The largest absolute Gasteiger partial charge is 0.381 e. The predicted octanol–water partition coefficient (Wildman–Crippen LogP) is 2.56. The van der Waals surface area contributed by atoms with E-state index in [1.165, 1.54) is 11.3 Å². The average Bonchev–Trinajstić information content (AvgIpc) is 2.95. The maximum atomic E-state index is 11.2. The summed E-state index contributed by atoms with van der Waals surface area (Å²) in [4.78, 5) is 4.61. The number of hydrogen-bond donors (Lipinski definition) is 1. The molecule has 0 aromatic heterocycles. The summed E-state index contributed by atoms with van der Waals surface area (Å²) in [5.41, 5.74) is 2.78. The fourth-order valence-corrected chi connectivity index (χ4v) is 3.91. The van der Waals surface area contributed by atoms with E-state index in [-0.39, 0.29) is 6.17 Å². The highest BCUT2D eigenvalue weighted by atomic mass is 16.3. The van der Waals surface area contributed by atoms with Gasteiger partial charge in [-0.1, -0.05) is 48.5 Å². The van der Waals surface area contributed by atoms with Crippen LogP contribution in [0.2, 0.25) is 0 Å². The molecule has 4 rings (SSSR count). The van der Waals surface area contributed by atoms with E-state index < -0.39 is 5.60 Å². The van der Waals surface area contributed by atoms with Crippen molar-refractivity contribution in [1.29, 1.82) is 0 Å². The minimum atomic E-state index is -0.736. The predicted molar refractivity (Wildman–Crippen MR) is 84.0 cm³/mol. The first-order valence-electron chi connectivity index (χ1n) is 7.53. The quantitative estimate of drug-likeness (QED) is 0.916. The highest BCUT2D eigenvalue weighted by Crippen LogP contribution is 2.50. The minimum Gasteiger partial charge on any atom is -0.381 e. The highest BCUT2D eigenvalue weighted by Gasteiger charge is 2.55. The summed E-state index contributed by atoms with van der Waals surface area (Å²) < 4.78 is 0. The molecule has 2 aromatic carbocycles. The van der Waals surface area contributed by atoms with Gasteiger partial charge in [-0.3, -0.25) is 4.90 Å². The Bertz CT molecular complexity index is 657. The molecule has 108 valence electrons. The molecule has 0 spiro atoms. The summed E-state index contributed by atoms with van der Waals surface area (Å²) in [6.45, 7) is 1.76. The lowest BCUT2D eigenvalue weighted by molar-refractivity contribution is 0.0142. The molecule has 0 bridgehead atoms. The summed E-state index contributed by atoms with van der Waals surface area (Å²) in [6.07, 6.45) is 0.839. The van der Waals surface area contributed by atoms with Crippen molar-refractivity contribution in [2.75, 3.05) is 18.5 Å². The van der Waals surface area contributed by atoms with Crippen molar-refractivity contribution in [1.82, 2.24) is 4.90 Å². The average molecular weight is 280 g/mol. The van der Waals surface area contributed by atoms with Crippen LogP contribution in [0.4, 0.5) is 5.69 Å². The number of aliphatic hydroxyl groups is 1. The molecular weight excluding hydrogens is 260 g/mol. The fraction of sp³-hybridized carbons (Fsp3) is 0.333. The third-order valence-corrected chi connectivity index (χ3v) is 4.86. The van der Waals surface area contributed by atoms with Crippen molar-refractivity contribution >= 4 is 5.69 Å². The van der Waals surface area contributed by atoms with E-state index in [1.807, 2.05) is 12.1 Å². The monoisotopic (exact) mass is 280 g/mol. The zero-order valence-corrected chi connectivity index (χ0v) is 12.2. The van der Waals surface area contributed by atoms with Crippen LogP contribution in [-0.4, -0.2) is 29.8 Å². The van der Waals surface area contributed by atoms with Gasteiger partial charge in [0.2, 0.25) is 0 Å². The summed E-state index contributed by atoms with van der Waals surface area (Å²) in [5.74, 6) is 0. The SMILES string of the molecule is CN1CC[C@]2(O)c3ccccc3N(Cc3ccccc3)C12. The number of anilines is 1. The second-order valence-electron chi connectivity index (χ2n) is 6.16. The summed E-state index contributed by atoms with van der Waals surface area (Å²) in [5, 5.41) is 11.2. The molecule has 2 aliphatic heterocycles. The molecule has 21 heavy (non-hydrogen) atoms. The van der Waals surface area contributed by atoms with Gasteiger partial charge in [-0.05, 0) is 25.1 Å². The Hall–Kier alpha value is -1.84. The number of hydrogen-bond acceptors (Lipinski definition) is 3. The van der Waals surface area contributed by atoms with Crippen LogP contribution < -0.4 is 4.90 Å². The standard InChI is InChI=1S/C18H20N2O/c1-19-12-11-18(21)15-9-5-6-10-16(15)20(17(18)19)13-14-7-3-2-4-8-14/h2-10,17,21H,11-13H2,1H3/t17?,18-/m0/s1. The molecule has 2 heterocycles. The van der Waals surface area contributed by atoms with Gasteiger partial charge in [0.15, 0.2) is 0 Å². The highest BCUT2D eigenvalue weighted by molar-refractivity contribution is 5.64. The molecular formula is C18H20N2O. The molecule has 2 aromatic rings. The van der Waals surface area contributed by atoms with Crippen LogP contribution in [0.5, 0.6) is 0 Å². The van der Waals surface area contributed by atoms with Gasteiger partial charge in [0.1, 0.15) is 11.8 Å². The Morgan fingerprint density at radius 1 is 1.10 bits per heavy atom. The smallest absolute Gasteiger partial charge is 0.127 e. The lowest BCUT2D eigenvalue weighted by atomic mass is 9.93. The van der Waals surface area contributed by atoms with E-state index in [4.69, 9.17) is 0 Å². The number of benzene rings is 2. The van der Waals surface area contributed by atoms with Crippen LogP contribution in [0.25, 0.3) is 0 Å². The van der Waals surface area contributed by atoms with E-state index >= 15 is 0 Å². The molecule has 2 atom stereocenters. The van der Waals surface area contributed by atoms with Gasteiger partial charge in [-0.2, -0.15) is 0 Å². The molecule has 1 fully saturated rings. The second kappa shape index (κ2) is 4.58. The molecule has 1 saturated heterocycles. The first-order chi connectivity index (χ1) is 10.2. The molecule has 0 aliphatic carbocycles. The number of fused-ring (bicyclic) bond motifs is 3. The van der Waals surface area contributed by atoms with E-state index in [9.17, 15) is 5.11 Å². The van der Waals surface area contributed by atoms with E-state index in [0.29, 0.717) is 0 Å². The van der Waals surface area contributed by atoms with Crippen molar-refractivity contribution in [2.24, 2.45) is 0 Å². The van der Waals surface area contributed by atoms with Crippen LogP contribution >= 0.6 is 0 Å². The van der Waals surface area contributed by atoms with Gasteiger partial charge in [-0.15, -0.1) is 0 Å². The third kappa shape index (κ3) is 1.81. The topological polar surface area (TPSA) is 26.7 Å². The molecule has 1 N–H and O–H groups in total.